The second-order valence-corrected chi connectivity index (χ2v) is 7.87. The first kappa shape index (κ1) is 18.6. The van der Waals surface area contributed by atoms with Crippen LogP contribution in [0.2, 0.25) is 0 Å². The molecule has 0 radical (unpaired) electrons. The molecule has 132 valence electrons. The normalized spacial score (nSPS) is 15.7. The number of guanidine groups is 1. The number of nitrogens with zero attached hydrogens (tertiary/aromatic N) is 2. The van der Waals surface area contributed by atoms with E-state index in [0.29, 0.717) is 0 Å². The molecule has 1 aromatic carbocycles. The smallest absolute Gasteiger partial charge is 0.243 e. The van der Waals surface area contributed by atoms with Crippen molar-refractivity contribution in [3.05, 3.63) is 30.3 Å². The Hall–Kier alpha value is -1.69. The average molecular weight is 349 g/mol. The summed E-state index contributed by atoms with van der Waals surface area (Å²) in [4.78, 5) is 19.0. The van der Waals surface area contributed by atoms with Crippen molar-refractivity contribution in [2.45, 2.75) is 35.8 Å². The van der Waals surface area contributed by atoms with E-state index in [1.807, 2.05) is 17.8 Å². The van der Waals surface area contributed by atoms with Crippen LogP contribution in [0.3, 0.4) is 0 Å². The van der Waals surface area contributed by atoms with E-state index < -0.39 is 0 Å². The van der Waals surface area contributed by atoms with Gasteiger partial charge in [0, 0.05) is 36.8 Å². The molecule has 0 unspecified atom stereocenters. The summed E-state index contributed by atoms with van der Waals surface area (Å²) in [6.07, 6.45) is 3.43. The topological polar surface area (TPSA) is 56.7 Å². The molecule has 1 aromatic rings. The molecule has 1 aliphatic carbocycles. The van der Waals surface area contributed by atoms with Crippen molar-refractivity contribution in [3.63, 3.8) is 0 Å². The van der Waals surface area contributed by atoms with Crippen LogP contribution in [0.1, 0.15) is 26.2 Å². The summed E-state index contributed by atoms with van der Waals surface area (Å²) in [6.45, 7) is 3.99. The van der Waals surface area contributed by atoms with Gasteiger partial charge in [-0.3, -0.25) is 4.79 Å². The molecular formula is C18H28N4OS. The van der Waals surface area contributed by atoms with Crippen LogP contribution in [0, 0.1) is 0 Å². The first-order valence-corrected chi connectivity index (χ1v) is 9.33. The zero-order valence-corrected chi connectivity index (χ0v) is 15.7. The van der Waals surface area contributed by atoms with Gasteiger partial charge in [-0.2, -0.15) is 0 Å². The molecule has 0 heterocycles. The van der Waals surface area contributed by atoms with Gasteiger partial charge in [-0.05, 0) is 31.4 Å². The first-order valence-electron chi connectivity index (χ1n) is 8.51. The number of carbonyl (C=O) groups excluding carboxylic acids is 1. The predicted molar refractivity (Wildman–Crippen MR) is 102 cm³/mol. The summed E-state index contributed by atoms with van der Waals surface area (Å²) in [7, 11) is 3.50. The molecule has 0 atom stereocenters. The Balaban J connectivity index is 1.89. The number of benzene rings is 1. The Kier molecular flexibility index (Phi) is 6.97. The van der Waals surface area contributed by atoms with Crippen LogP contribution in [-0.4, -0.2) is 55.2 Å². The Morgan fingerprint density at radius 2 is 1.96 bits per heavy atom. The van der Waals surface area contributed by atoms with E-state index in [4.69, 9.17) is 0 Å². The van der Waals surface area contributed by atoms with Gasteiger partial charge in [0.2, 0.25) is 5.91 Å². The summed E-state index contributed by atoms with van der Waals surface area (Å²) in [5.41, 5.74) is 0. The zero-order valence-electron chi connectivity index (χ0n) is 14.8. The van der Waals surface area contributed by atoms with Crippen molar-refractivity contribution in [1.82, 2.24) is 15.5 Å². The third-order valence-corrected chi connectivity index (χ3v) is 5.37. The van der Waals surface area contributed by atoms with Gasteiger partial charge in [0.05, 0.1) is 0 Å². The molecule has 1 aliphatic rings. The van der Waals surface area contributed by atoms with Crippen LogP contribution in [0.25, 0.3) is 0 Å². The molecule has 0 aromatic heterocycles. The fourth-order valence-electron chi connectivity index (χ4n) is 2.14. The molecule has 2 rings (SSSR count). The maximum absolute atomic E-state index is 11.7. The largest absolute Gasteiger partial charge is 0.356 e. The van der Waals surface area contributed by atoms with Crippen molar-refractivity contribution in [3.8, 4) is 0 Å². The molecule has 5 nitrogen and oxygen atoms in total. The Bertz CT molecular complexity index is 555. The number of amides is 1. The van der Waals surface area contributed by atoms with E-state index in [2.05, 4.69) is 46.8 Å². The lowest BCUT2D eigenvalue weighted by atomic mass is 10.4. The molecule has 0 aliphatic heterocycles. The van der Waals surface area contributed by atoms with Crippen LogP contribution >= 0.6 is 11.8 Å². The first-order chi connectivity index (χ1) is 11.5. The van der Waals surface area contributed by atoms with Crippen molar-refractivity contribution >= 4 is 23.6 Å². The molecule has 0 saturated heterocycles. The second-order valence-electron chi connectivity index (χ2n) is 6.33. The van der Waals surface area contributed by atoms with Gasteiger partial charge in [0.1, 0.15) is 6.54 Å². The Morgan fingerprint density at radius 1 is 1.25 bits per heavy atom. The minimum atomic E-state index is 0.00685. The molecule has 1 saturated carbocycles. The predicted octanol–water partition coefficient (Wildman–Crippen LogP) is 2.34. The maximum Gasteiger partial charge on any atom is 0.243 e. The number of thioether (sulfide) groups is 1. The number of likely N-dealkylation sites (N-methyl/N-ethyl adjacent to an activating group) is 1. The molecule has 1 fully saturated rings. The quantitative estimate of drug-likeness (QED) is 0.559. The maximum atomic E-state index is 11.7. The van der Waals surface area contributed by atoms with Crippen molar-refractivity contribution in [2.24, 2.45) is 4.99 Å². The molecule has 1 amide bonds. The third-order valence-electron chi connectivity index (χ3n) is 3.88. The van der Waals surface area contributed by atoms with Crippen molar-refractivity contribution in [1.29, 1.82) is 0 Å². The van der Waals surface area contributed by atoms with Crippen molar-refractivity contribution < 1.29 is 4.79 Å². The summed E-state index contributed by atoms with van der Waals surface area (Å²) in [5.74, 6) is 0.736. The van der Waals surface area contributed by atoms with Gasteiger partial charge in [-0.1, -0.05) is 25.1 Å². The van der Waals surface area contributed by atoms with E-state index in [0.717, 1.165) is 25.5 Å². The average Bonchev–Trinajstić information content (AvgIpc) is 3.34. The van der Waals surface area contributed by atoms with Gasteiger partial charge in [0.25, 0.3) is 0 Å². The standard InChI is InChI=1S/C18H28N4OS/c1-4-12-19-17(20-13-16(23)22(2)3)21-14-18(10-11-18)24-15-8-6-5-7-9-15/h5-9H,4,10-14H2,1-3H3,(H2,19,20,21). The molecule has 24 heavy (non-hydrogen) atoms. The molecule has 6 heteroatoms. The van der Waals surface area contributed by atoms with Gasteiger partial charge in [0.15, 0.2) is 5.96 Å². The van der Waals surface area contributed by atoms with E-state index in [1.54, 1.807) is 19.0 Å². The monoisotopic (exact) mass is 348 g/mol. The van der Waals surface area contributed by atoms with Crippen LogP contribution in [0.4, 0.5) is 0 Å². The lowest BCUT2D eigenvalue weighted by Crippen LogP contribution is -2.42. The number of rotatable bonds is 8. The number of nitrogens with one attached hydrogen (secondary N) is 2. The zero-order chi connectivity index (χ0) is 17.4. The fourth-order valence-corrected chi connectivity index (χ4v) is 3.39. The summed E-state index contributed by atoms with van der Waals surface area (Å²) in [5, 5.41) is 6.71. The highest BCUT2D eigenvalue weighted by Crippen LogP contribution is 2.51. The van der Waals surface area contributed by atoms with Crippen LogP contribution < -0.4 is 10.6 Å². The van der Waals surface area contributed by atoms with Gasteiger partial charge < -0.3 is 15.5 Å². The highest BCUT2D eigenvalue weighted by molar-refractivity contribution is 8.01. The number of hydrogen-bond donors (Lipinski definition) is 2. The van der Waals surface area contributed by atoms with E-state index in [1.165, 1.54) is 17.7 Å². The minimum absolute atomic E-state index is 0.00685. The van der Waals surface area contributed by atoms with Crippen LogP contribution in [-0.2, 0) is 4.79 Å². The molecular weight excluding hydrogens is 320 g/mol. The summed E-state index contributed by atoms with van der Waals surface area (Å²) < 4.78 is 0.252. The molecule has 0 bridgehead atoms. The lowest BCUT2D eigenvalue weighted by molar-refractivity contribution is -0.127. The van der Waals surface area contributed by atoms with Crippen LogP contribution in [0.15, 0.2) is 40.2 Å². The van der Waals surface area contributed by atoms with E-state index in [-0.39, 0.29) is 17.2 Å². The van der Waals surface area contributed by atoms with Gasteiger partial charge >= 0.3 is 0 Å². The SMILES string of the molecule is CCCNC(=NCC(=O)N(C)C)NCC1(Sc2ccccc2)CC1. The Morgan fingerprint density at radius 3 is 2.54 bits per heavy atom. The number of aliphatic imine (C=N–C) groups is 1. The Labute approximate surface area is 149 Å². The summed E-state index contributed by atoms with van der Waals surface area (Å²) in [6, 6.07) is 10.5. The third kappa shape index (κ3) is 6.07. The number of carbonyl (C=O) groups is 1. The van der Waals surface area contributed by atoms with Crippen molar-refractivity contribution in [2.75, 3.05) is 33.7 Å². The minimum Gasteiger partial charge on any atom is -0.356 e. The number of hydrogen-bond acceptors (Lipinski definition) is 3. The summed E-state index contributed by atoms with van der Waals surface area (Å²) >= 11 is 1.93. The molecule has 0 spiro atoms. The van der Waals surface area contributed by atoms with Crippen LogP contribution in [0.5, 0.6) is 0 Å². The second kappa shape index (κ2) is 8.97. The van der Waals surface area contributed by atoms with Gasteiger partial charge in [-0.15, -0.1) is 11.8 Å². The van der Waals surface area contributed by atoms with Gasteiger partial charge in [-0.25, -0.2) is 4.99 Å². The van der Waals surface area contributed by atoms with E-state index in [9.17, 15) is 4.79 Å². The highest BCUT2D eigenvalue weighted by atomic mass is 32.2. The van der Waals surface area contributed by atoms with E-state index >= 15 is 0 Å². The molecule has 2 N–H and O–H groups in total. The highest BCUT2D eigenvalue weighted by Gasteiger charge is 2.43. The fraction of sp³-hybridized carbons (Fsp3) is 0.556. The lowest BCUT2D eigenvalue weighted by Gasteiger charge is -2.19.